The third-order valence-corrected chi connectivity index (χ3v) is 6.20. The van der Waals surface area contributed by atoms with Gasteiger partial charge in [0.25, 0.3) is 0 Å². The molecule has 2 saturated heterocycles. The minimum Gasteiger partial charge on any atom is -0.379 e. The average molecular weight is 375 g/mol. The van der Waals surface area contributed by atoms with Crippen LogP contribution in [-0.4, -0.2) is 67.8 Å². The van der Waals surface area contributed by atoms with Gasteiger partial charge >= 0.3 is 0 Å². The zero-order valence-electron chi connectivity index (χ0n) is 15.0. The SMILES string of the molecule is O=C(CCN1CCOCC1)NC1CCCN(c2nc3ccccc3s2)C1. The average Bonchev–Trinajstić information content (AvgIpc) is 3.12. The Bertz CT molecular complexity index is 711. The van der Waals surface area contributed by atoms with Crippen molar-refractivity contribution in [3.05, 3.63) is 24.3 Å². The highest BCUT2D eigenvalue weighted by atomic mass is 32.1. The van der Waals surface area contributed by atoms with Crippen molar-refractivity contribution in [2.75, 3.05) is 50.8 Å². The van der Waals surface area contributed by atoms with Crippen LogP contribution < -0.4 is 10.2 Å². The fraction of sp³-hybridized carbons (Fsp3) is 0.579. The number of aromatic nitrogens is 1. The maximum atomic E-state index is 12.3. The molecule has 3 heterocycles. The summed E-state index contributed by atoms with van der Waals surface area (Å²) in [5.41, 5.74) is 1.06. The summed E-state index contributed by atoms with van der Waals surface area (Å²) in [4.78, 5) is 21.7. The van der Waals surface area contributed by atoms with Crippen molar-refractivity contribution in [2.45, 2.75) is 25.3 Å². The van der Waals surface area contributed by atoms with E-state index < -0.39 is 0 Å². The number of benzene rings is 1. The van der Waals surface area contributed by atoms with Gasteiger partial charge in [0, 0.05) is 45.2 Å². The fourth-order valence-corrected chi connectivity index (χ4v) is 4.65. The smallest absolute Gasteiger partial charge is 0.221 e. The van der Waals surface area contributed by atoms with E-state index in [4.69, 9.17) is 9.72 Å². The Kier molecular flexibility index (Phi) is 5.67. The summed E-state index contributed by atoms with van der Waals surface area (Å²) >= 11 is 1.74. The molecule has 1 N–H and O–H groups in total. The van der Waals surface area contributed by atoms with E-state index >= 15 is 0 Å². The molecule has 2 aliphatic heterocycles. The van der Waals surface area contributed by atoms with E-state index in [-0.39, 0.29) is 11.9 Å². The molecule has 0 spiro atoms. The molecule has 0 radical (unpaired) electrons. The number of piperidine rings is 1. The van der Waals surface area contributed by atoms with Crippen LogP contribution >= 0.6 is 11.3 Å². The van der Waals surface area contributed by atoms with Crippen molar-refractivity contribution in [1.29, 1.82) is 0 Å². The minimum absolute atomic E-state index is 0.160. The molecule has 26 heavy (non-hydrogen) atoms. The highest BCUT2D eigenvalue weighted by Gasteiger charge is 2.24. The summed E-state index contributed by atoms with van der Waals surface area (Å²) < 4.78 is 6.57. The topological polar surface area (TPSA) is 57.7 Å². The van der Waals surface area contributed by atoms with Crippen molar-refractivity contribution < 1.29 is 9.53 Å². The number of fused-ring (bicyclic) bond motifs is 1. The highest BCUT2D eigenvalue weighted by molar-refractivity contribution is 7.22. The Morgan fingerprint density at radius 2 is 2.12 bits per heavy atom. The molecule has 1 aromatic heterocycles. The second kappa shape index (κ2) is 8.33. The van der Waals surface area contributed by atoms with Crippen LogP contribution in [0.25, 0.3) is 10.2 Å². The van der Waals surface area contributed by atoms with E-state index in [2.05, 4.69) is 33.3 Å². The van der Waals surface area contributed by atoms with Crippen molar-refractivity contribution in [1.82, 2.24) is 15.2 Å². The van der Waals surface area contributed by atoms with Crippen LogP contribution in [0.15, 0.2) is 24.3 Å². The molecule has 1 unspecified atom stereocenters. The lowest BCUT2D eigenvalue weighted by molar-refractivity contribution is -0.122. The van der Waals surface area contributed by atoms with Gasteiger partial charge in [-0.2, -0.15) is 0 Å². The third-order valence-electron chi connectivity index (χ3n) is 5.10. The Hall–Kier alpha value is -1.70. The predicted molar refractivity (Wildman–Crippen MR) is 105 cm³/mol. The van der Waals surface area contributed by atoms with Gasteiger partial charge in [-0.25, -0.2) is 4.98 Å². The standard InChI is InChI=1S/C19H26N4O2S/c24-18(7-9-22-10-12-25-13-11-22)20-15-4-3-8-23(14-15)19-21-16-5-1-2-6-17(16)26-19/h1-2,5-6,15H,3-4,7-14H2,(H,20,24). The number of amides is 1. The Morgan fingerprint density at radius 1 is 1.27 bits per heavy atom. The van der Waals surface area contributed by atoms with E-state index in [1.54, 1.807) is 11.3 Å². The van der Waals surface area contributed by atoms with Gasteiger partial charge in [-0.15, -0.1) is 0 Å². The summed E-state index contributed by atoms with van der Waals surface area (Å²) in [5, 5.41) is 4.30. The number of hydrogen-bond donors (Lipinski definition) is 1. The number of hydrogen-bond acceptors (Lipinski definition) is 6. The van der Waals surface area contributed by atoms with Crippen LogP contribution in [0.3, 0.4) is 0 Å². The highest BCUT2D eigenvalue weighted by Crippen LogP contribution is 2.30. The van der Waals surface area contributed by atoms with Crippen molar-refractivity contribution in [3.8, 4) is 0 Å². The van der Waals surface area contributed by atoms with Crippen molar-refractivity contribution in [3.63, 3.8) is 0 Å². The second-order valence-electron chi connectivity index (χ2n) is 7.02. The van der Waals surface area contributed by atoms with E-state index in [9.17, 15) is 4.79 Å². The van der Waals surface area contributed by atoms with Crippen LogP contribution in [-0.2, 0) is 9.53 Å². The normalized spacial score (nSPS) is 21.8. The molecule has 140 valence electrons. The molecule has 2 aromatic rings. The first-order valence-electron chi connectivity index (χ1n) is 9.48. The largest absolute Gasteiger partial charge is 0.379 e. The monoisotopic (exact) mass is 374 g/mol. The molecule has 0 aliphatic carbocycles. The number of nitrogens with zero attached hydrogens (tertiary/aromatic N) is 3. The summed E-state index contributed by atoms with van der Waals surface area (Å²) in [6, 6.07) is 8.47. The van der Waals surface area contributed by atoms with Crippen LogP contribution in [0.1, 0.15) is 19.3 Å². The Balaban J connectivity index is 1.29. The number of nitrogens with one attached hydrogen (secondary N) is 1. The van der Waals surface area contributed by atoms with Crippen molar-refractivity contribution >= 4 is 32.6 Å². The zero-order chi connectivity index (χ0) is 17.8. The molecular weight excluding hydrogens is 348 g/mol. The van der Waals surface area contributed by atoms with Gasteiger partial charge in [0.2, 0.25) is 5.91 Å². The number of carbonyl (C=O) groups excluding carboxylic acids is 1. The lowest BCUT2D eigenvalue weighted by Gasteiger charge is -2.33. The van der Waals surface area contributed by atoms with Crippen LogP contribution in [0, 0.1) is 0 Å². The Labute approximate surface area is 158 Å². The molecule has 1 aromatic carbocycles. The van der Waals surface area contributed by atoms with E-state index in [0.29, 0.717) is 6.42 Å². The number of thiazole rings is 1. The fourth-order valence-electron chi connectivity index (χ4n) is 3.65. The summed E-state index contributed by atoms with van der Waals surface area (Å²) in [5.74, 6) is 0.160. The second-order valence-corrected chi connectivity index (χ2v) is 8.03. The Morgan fingerprint density at radius 3 is 2.96 bits per heavy atom. The van der Waals surface area contributed by atoms with E-state index in [1.807, 2.05) is 6.07 Å². The molecule has 2 fully saturated rings. The van der Waals surface area contributed by atoms with Crippen LogP contribution in [0.2, 0.25) is 0 Å². The minimum atomic E-state index is 0.160. The molecule has 1 amide bonds. The van der Waals surface area contributed by atoms with Gasteiger partial charge in [0.1, 0.15) is 0 Å². The van der Waals surface area contributed by atoms with Gasteiger partial charge < -0.3 is 15.0 Å². The molecule has 6 nitrogen and oxygen atoms in total. The molecule has 0 bridgehead atoms. The quantitative estimate of drug-likeness (QED) is 0.869. The molecule has 2 aliphatic rings. The summed E-state index contributed by atoms with van der Waals surface area (Å²) in [6.45, 7) is 6.11. The number of morpholine rings is 1. The van der Waals surface area contributed by atoms with Gasteiger partial charge in [-0.3, -0.25) is 9.69 Å². The van der Waals surface area contributed by atoms with Gasteiger partial charge in [-0.05, 0) is 25.0 Å². The number of anilines is 1. The first-order valence-corrected chi connectivity index (χ1v) is 10.3. The van der Waals surface area contributed by atoms with Crippen molar-refractivity contribution in [2.24, 2.45) is 0 Å². The number of carbonyl (C=O) groups is 1. The third kappa shape index (κ3) is 4.34. The summed E-state index contributed by atoms with van der Waals surface area (Å²) in [6.07, 6.45) is 2.70. The molecule has 0 saturated carbocycles. The number of para-hydroxylation sites is 1. The van der Waals surface area contributed by atoms with Gasteiger partial charge in [0.15, 0.2) is 5.13 Å². The molecular formula is C19H26N4O2S. The first-order chi connectivity index (χ1) is 12.8. The molecule has 1 atom stereocenters. The summed E-state index contributed by atoms with van der Waals surface area (Å²) in [7, 11) is 0. The van der Waals surface area contributed by atoms with E-state index in [0.717, 1.165) is 69.4 Å². The van der Waals surface area contributed by atoms with Crippen LogP contribution in [0.4, 0.5) is 5.13 Å². The maximum absolute atomic E-state index is 12.3. The molecule has 4 rings (SSSR count). The lowest BCUT2D eigenvalue weighted by Crippen LogP contribution is -2.48. The zero-order valence-corrected chi connectivity index (χ0v) is 15.8. The maximum Gasteiger partial charge on any atom is 0.221 e. The first kappa shape index (κ1) is 17.7. The van der Waals surface area contributed by atoms with E-state index in [1.165, 1.54) is 4.70 Å². The lowest BCUT2D eigenvalue weighted by atomic mass is 10.1. The number of rotatable bonds is 5. The number of ether oxygens (including phenoxy) is 1. The molecule has 7 heteroatoms. The predicted octanol–water partition coefficient (Wildman–Crippen LogP) is 2.10. The van der Waals surface area contributed by atoms with Gasteiger partial charge in [0.05, 0.1) is 23.4 Å². The van der Waals surface area contributed by atoms with Crippen LogP contribution in [0.5, 0.6) is 0 Å². The van der Waals surface area contributed by atoms with Gasteiger partial charge in [-0.1, -0.05) is 23.5 Å².